The minimum Gasteiger partial charge on any atom is -0.310 e. The molecule has 0 radical (unpaired) electrons. The van der Waals surface area contributed by atoms with Gasteiger partial charge in [0.1, 0.15) is 18.5 Å². The van der Waals surface area contributed by atoms with Gasteiger partial charge in [0.2, 0.25) is 0 Å². The summed E-state index contributed by atoms with van der Waals surface area (Å²) in [6.45, 7) is 0. The molecule has 2 rings (SSSR count). The van der Waals surface area contributed by atoms with Crippen LogP contribution < -0.4 is 5.32 Å². The molecule has 1 amide bonds. The Kier molecular flexibility index (Phi) is 2.79. The number of hydrogen-bond donors (Lipinski definition) is 1. The van der Waals surface area contributed by atoms with Crippen molar-refractivity contribution in [2.24, 2.45) is 20.0 Å². The smallest absolute Gasteiger partial charge is 0.258 e. The number of aliphatic imine (C=N–C) groups is 4. The van der Waals surface area contributed by atoms with Gasteiger partial charge in [0.25, 0.3) is 5.91 Å². The van der Waals surface area contributed by atoms with Gasteiger partial charge in [-0.15, -0.1) is 0 Å². The Balaban J connectivity index is 2.13. The van der Waals surface area contributed by atoms with Crippen molar-refractivity contribution < 1.29 is 4.79 Å². The third kappa shape index (κ3) is 2.05. The Morgan fingerprint density at radius 1 is 1.40 bits per heavy atom. The van der Waals surface area contributed by atoms with Crippen LogP contribution in [-0.2, 0) is 4.79 Å². The second-order valence-electron chi connectivity index (χ2n) is 2.70. The number of amidine groups is 2. The maximum atomic E-state index is 11.2. The van der Waals surface area contributed by atoms with E-state index in [1.807, 2.05) is 0 Å². The van der Waals surface area contributed by atoms with Crippen molar-refractivity contribution in [2.45, 2.75) is 10.9 Å². The third-order valence-corrected chi connectivity index (χ3v) is 2.14. The number of carbonyl (C=O) groups is 1. The van der Waals surface area contributed by atoms with Gasteiger partial charge in [-0.3, -0.25) is 9.79 Å². The Hall–Kier alpha value is -1.27. The molecule has 2 aliphatic heterocycles. The van der Waals surface area contributed by atoms with Gasteiger partial charge in [-0.2, -0.15) is 0 Å². The summed E-state index contributed by atoms with van der Waals surface area (Å²) >= 11 is 10.8. The number of nitrogens with zero attached hydrogens (tertiary/aromatic N) is 4. The van der Waals surface area contributed by atoms with Crippen molar-refractivity contribution in [2.75, 3.05) is 0 Å². The molecule has 0 aromatic heterocycles. The number of carbonyl (C=O) groups excluding carboxylic acids is 1. The van der Waals surface area contributed by atoms with Crippen molar-refractivity contribution >= 4 is 53.5 Å². The van der Waals surface area contributed by atoms with E-state index in [0.717, 1.165) is 0 Å². The van der Waals surface area contributed by atoms with Gasteiger partial charge in [-0.1, -0.05) is 23.2 Å². The molecule has 78 valence electrons. The molecule has 0 spiro atoms. The Bertz CT molecular complexity index is 412. The van der Waals surface area contributed by atoms with Crippen LogP contribution >= 0.6 is 23.2 Å². The van der Waals surface area contributed by atoms with Crippen LogP contribution in [0.25, 0.3) is 0 Å². The molecule has 0 saturated carbocycles. The number of hydrogen-bond acceptors (Lipinski definition) is 5. The first-order valence-electron chi connectivity index (χ1n) is 3.97. The van der Waals surface area contributed by atoms with E-state index in [2.05, 4.69) is 25.3 Å². The van der Waals surface area contributed by atoms with Crippen molar-refractivity contribution in [3.8, 4) is 0 Å². The fraction of sp³-hybridized carbons (Fsp3) is 0.286. The monoisotopic (exact) mass is 245 g/mol. The highest BCUT2D eigenvalue weighted by Crippen LogP contribution is 2.09. The van der Waals surface area contributed by atoms with Crippen LogP contribution in [0.2, 0.25) is 0 Å². The standard InChI is InChI=1S/C7H5Cl2N5O/c8-4(9)7(15)14-6-3-5(11-1-10-3)12-2-13-6/h1-4H,(H,10,11,12,13,14,15). The van der Waals surface area contributed by atoms with E-state index in [0.29, 0.717) is 11.7 Å². The quantitative estimate of drug-likeness (QED) is 0.657. The summed E-state index contributed by atoms with van der Waals surface area (Å²) in [6.07, 6.45) is 2.65. The summed E-state index contributed by atoms with van der Waals surface area (Å²) in [6, 6.07) is -0.453. The van der Waals surface area contributed by atoms with Gasteiger partial charge >= 0.3 is 0 Å². The molecule has 0 aliphatic carbocycles. The molecule has 0 fully saturated rings. The van der Waals surface area contributed by atoms with E-state index in [4.69, 9.17) is 23.2 Å². The lowest BCUT2D eigenvalue weighted by Gasteiger charge is -2.14. The molecule has 1 unspecified atom stereocenters. The molecular weight excluding hydrogens is 241 g/mol. The van der Waals surface area contributed by atoms with Gasteiger partial charge in [0, 0.05) is 0 Å². The average Bonchev–Trinajstić information content (AvgIpc) is 2.66. The van der Waals surface area contributed by atoms with Gasteiger partial charge in [0.05, 0.1) is 0 Å². The molecule has 8 heteroatoms. The molecule has 0 aromatic rings. The third-order valence-electron chi connectivity index (χ3n) is 1.75. The van der Waals surface area contributed by atoms with E-state index in [9.17, 15) is 4.79 Å². The van der Waals surface area contributed by atoms with Crippen LogP contribution in [0.5, 0.6) is 0 Å². The van der Waals surface area contributed by atoms with Crippen LogP contribution in [0, 0.1) is 0 Å². The first-order chi connectivity index (χ1) is 7.18. The number of fused-ring (bicyclic) bond motifs is 1. The van der Waals surface area contributed by atoms with E-state index in [1.165, 1.54) is 12.7 Å². The van der Waals surface area contributed by atoms with E-state index < -0.39 is 16.8 Å². The van der Waals surface area contributed by atoms with Crippen molar-refractivity contribution in [1.29, 1.82) is 0 Å². The van der Waals surface area contributed by atoms with E-state index in [1.54, 1.807) is 0 Å². The largest absolute Gasteiger partial charge is 0.310 e. The van der Waals surface area contributed by atoms with Crippen molar-refractivity contribution in [3.63, 3.8) is 0 Å². The normalized spacial score (nSPS) is 22.5. The molecule has 0 aromatic carbocycles. The Morgan fingerprint density at radius 3 is 2.93 bits per heavy atom. The lowest BCUT2D eigenvalue weighted by Crippen LogP contribution is -2.44. The summed E-state index contributed by atoms with van der Waals surface area (Å²) in [5.41, 5.74) is 0. The predicted molar refractivity (Wildman–Crippen MR) is 59.3 cm³/mol. The van der Waals surface area contributed by atoms with Crippen LogP contribution in [0.15, 0.2) is 20.0 Å². The molecule has 1 atom stereocenters. The minimum atomic E-state index is -1.14. The van der Waals surface area contributed by atoms with Crippen molar-refractivity contribution in [1.82, 2.24) is 5.32 Å². The molecule has 15 heavy (non-hydrogen) atoms. The molecular formula is C7H5Cl2N5O. The molecule has 1 N–H and O–H groups in total. The first-order valence-corrected chi connectivity index (χ1v) is 4.84. The van der Waals surface area contributed by atoms with E-state index >= 15 is 0 Å². The molecule has 0 saturated heterocycles. The highest BCUT2D eigenvalue weighted by molar-refractivity contribution is 6.54. The summed E-state index contributed by atoms with van der Waals surface area (Å²) in [4.78, 5) is 25.7. The second kappa shape index (κ2) is 4.08. The maximum absolute atomic E-state index is 11.2. The SMILES string of the molecule is O=C(NC1=NC=NC2=NC=NC21)C(Cl)Cl. The summed E-state index contributed by atoms with van der Waals surface area (Å²) in [5, 5.41) is 2.45. The highest BCUT2D eigenvalue weighted by atomic mass is 35.5. The van der Waals surface area contributed by atoms with Gasteiger partial charge in [-0.25, -0.2) is 15.0 Å². The van der Waals surface area contributed by atoms with E-state index in [-0.39, 0.29) is 0 Å². The lowest BCUT2D eigenvalue weighted by atomic mass is 10.2. The zero-order valence-electron chi connectivity index (χ0n) is 7.26. The topological polar surface area (TPSA) is 78.5 Å². The van der Waals surface area contributed by atoms with Gasteiger partial charge in [-0.05, 0) is 0 Å². The summed E-state index contributed by atoms with van der Waals surface area (Å²) < 4.78 is 0. The zero-order chi connectivity index (χ0) is 10.8. The lowest BCUT2D eigenvalue weighted by molar-refractivity contribution is -0.118. The molecule has 2 aliphatic rings. The zero-order valence-corrected chi connectivity index (χ0v) is 8.77. The first kappa shape index (κ1) is 10.3. The molecule has 2 heterocycles. The van der Waals surface area contributed by atoms with Crippen LogP contribution in [0.3, 0.4) is 0 Å². The maximum Gasteiger partial charge on any atom is 0.258 e. The molecule has 6 nitrogen and oxygen atoms in total. The fourth-order valence-electron chi connectivity index (χ4n) is 1.10. The number of amides is 1. The predicted octanol–water partition coefficient (Wildman–Crippen LogP) is 0.156. The Morgan fingerprint density at radius 2 is 2.20 bits per heavy atom. The van der Waals surface area contributed by atoms with Crippen LogP contribution in [0.1, 0.15) is 0 Å². The minimum absolute atomic E-state index is 0.328. The number of halogens is 2. The second-order valence-corrected chi connectivity index (χ2v) is 3.80. The van der Waals surface area contributed by atoms with Crippen LogP contribution in [-0.4, -0.2) is 41.1 Å². The van der Waals surface area contributed by atoms with Crippen LogP contribution in [0.4, 0.5) is 0 Å². The Labute approximate surface area is 94.8 Å². The number of rotatable bonds is 1. The summed E-state index contributed by atoms with van der Waals surface area (Å²) in [7, 11) is 0. The summed E-state index contributed by atoms with van der Waals surface area (Å²) in [5.74, 6) is 0.267. The van der Waals surface area contributed by atoms with Crippen molar-refractivity contribution in [3.05, 3.63) is 0 Å². The average molecular weight is 246 g/mol. The number of alkyl halides is 2. The van der Waals surface area contributed by atoms with Gasteiger partial charge in [0.15, 0.2) is 16.7 Å². The van der Waals surface area contributed by atoms with Gasteiger partial charge < -0.3 is 5.32 Å². The fourth-order valence-corrected chi connectivity index (χ4v) is 1.20. The number of nitrogens with one attached hydrogen (secondary N) is 1. The highest BCUT2D eigenvalue weighted by Gasteiger charge is 2.28. The molecule has 0 bridgehead atoms.